The van der Waals surface area contributed by atoms with E-state index in [1.54, 1.807) is 36.4 Å². The Labute approximate surface area is 189 Å². The van der Waals surface area contributed by atoms with Gasteiger partial charge in [-0.2, -0.15) is 5.26 Å². The highest BCUT2D eigenvalue weighted by atomic mass is 32.2. The molecule has 0 radical (unpaired) electrons. The number of rotatable bonds is 9. The van der Waals surface area contributed by atoms with Crippen LogP contribution < -0.4 is 16.0 Å². The lowest BCUT2D eigenvalue weighted by molar-refractivity contribution is -0.125. The first-order valence-electron chi connectivity index (χ1n) is 9.79. The number of imide groups is 1. The van der Waals surface area contributed by atoms with Gasteiger partial charge in [0.05, 0.1) is 23.9 Å². The van der Waals surface area contributed by atoms with Crippen LogP contribution in [-0.4, -0.2) is 47.5 Å². The minimum atomic E-state index is -0.488. The van der Waals surface area contributed by atoms with Gasteiger partial charge in [-0.3, -0.25) is 19.3 Å². The van der Waals surface area contributed by atoms with Gasteiger partial charge in [-0.1, -0.05) is 12.1 Å². The summed E-state index contributed by atoms with van der Waals surface area (Å²) in [7, 11) is 0. The molecule has 0 atom stereocenters. The Balaban J connectivity index is 1.38. The van der Waals surface area contributed by atoms with Crippen molar-refractivity contribution in [2.24, 2.45) is 0 Å². The van der Waals surface area contributed by atoms with Crippen LogP contribution in [0.15, 0.2) is 48.5 Å². The molecule has 1 heterocycles. The van der Waals surface area contributed by atoms with Gasteiger partial charge in [0.1, 0.15) is 0 Å². The van der Waals surface area contributed by atoms with E-state index in [2.05, 4.69) is 22.0 Å². The van der Waals surface area contributed by atoms with Crippen molar-refractivity contribution >= 4 is 46.9 Å². The van der Waals surface area contributed by atoms with Gasteiger partial charge in [0.25, 0.3) is 0 Å². The van der Waals surface area contributed by atoms with Crippen molar-refractivity contribution in [1.29, 1.82) is 5.26 Å². The molecule has 5 amide bonds. The molecule has 3 rings (SSSR count). The summed E-state index contributed by atoms with van der Waals surface area (Å²) in [5.74, 6) is 0.122. The molecule has 0 aliphatic carbocycles. The van der Waals surface area contributed by atoms with Crippen molar-refractivity contribution < 1.29 is 19.2 Å². The number of urea groups is 1. The third kappa shape index (κ3) is 6.58. The van der Waals surface area contributed by atoms with Crippen molar-refractivity contribution in [2.75, 3.05) is 29.5 Å². The summed E-state index contributed by atoms with van der Waals surface area (Å²) in [6, 6.07) is 15.5. The van der Waals surface area contributed by atoms with Crippen LogP contribution in [0.3, 0.4) is 0 Å². The van der Waals surface area contributed by atoms with Crippen LogP contribution in [0.5, 0.6) is 0 Å². The Morgan fingerprint density at radius 3 is 2.19 bits per heavy atom. The van der Waals surface area contributed by atoms with Gasteiger partial charge in [-0.15, -0.1) is 11.8 Å². The molecule has 0 aromatic heterocycles. The summed E-state index contributed by atoms with van der Waals surface area (Å²) >= 11 is 1.47. The number of thioether (sulfide) groups is 1. The minimum Gasteiger partial charge on any atom is -0.329 e. The average molecular weight is 452 g/mol. The Hall–Kier alpha value is -3.84. The molecule has 2 aromatic rings. The van der Waals surface area contributed by atoms with Crippen molar-refractivity contribution in [2.45, 2.75) is 12.2 Å². The molecule has 1 fully saturated rings. The van der Waals surface area contributed by atoms with Gasteiger partial charge >= 0.3 is 6.03 Å². The van der Waals surface area contributed by atoms with Gasteiger partial charge in [0.15, 0.2) is 0 Å². The molecular formula is C22H21N5O4S. The summed E-state index contributed by atoms with van der Waals surface area (Å²) in [6.45, 7) is -0.0215. The van der Waals surface area contributed by atoms with Crippen LogP contribution in [0.4, 0.5) is 16.2 Å². The predicted octanol–water partition coefficient (Wildman–Crippen LogP) is 2.31. The van der Waals surface area contributed by atoms with Crippen molar-refractivity contribution in [3.05, 3.63) is 59.7 Å². The van der Waals surface area contributed by atoms with E-state index in [0.717, 1.165) is 10.5 Å². The lowest BCUT2D eigenvalue weighted by Gasteiger charge is -2.12. The molecule has 32 heavy (non-hydrogen) atoms. The summed E-state index contributed by atoms with van der Waals surface area (Å²) < 4.78 is 0. The van der Waals surface area contributed by atoms with E-state index >= 15 is 0 Å². The Bertz CT molecular complexity index is 1030. The maximum absolute atomic E-state index is 12.1. The zero-order valence-corrected chi connectivity index (χ0v) is 17.9. The van der Waals surface area contributed by atoms with E-state index in [-0.39, 0.29) is 43.0 Å². The topological polar surface area (TPSA) is 131 Å². The molecule has 3 N–H and O–H groups in total. The largest absolute Gasteiger partial charge is 0.329 e. The molecule has 10 heteroatoms. The fourth-order valence-electron chi connectivity index (χ4n) is 2.89. The van der Waals surface area contributed by atoms with E-state index < -0.39 is 6.03 Å². The normalized spacial score (nSPS) is 12.8. The highest BCUT2D eigenvalue weighted by Gasteiger charge is 2.28. The maximum Gasteiger partial charge on any atom is 0.324 e. The second-order valence-electron chi connectivity index (χ2n) is 6.93. The smallest absolute Gasteiger partial charge is 0.324 e. The van der Waals surface area contributed by atoms with Gasteiger partial charge < -0.3 is 16.0 Å². The molecule has 0 unspecified atom stereocenters. The highest BCUT2D eigenvalue weighted by molar-refractivity contribution is 7.99. The van der Waals surface area contributed by atoms with Gasteiger partial charge in [-0.05, 0) is 42.0 Å². The number of carbonyl (C=O) groups excluding carboxylic acids is 4. The van der Waals surface area contributed by atoms with Crippen LogP contribution in [0.2, 0.25) is 0 Å². The van der Waals surface area contributed by atoms with E-state index in [4.69, 9.17) is 5.26 Å². The predicted molar refractivity (Wildman–Crippen MR) is 121 cm³/mol. The number of nitrogens with zero attached hydrogens (tertiary/aromatic N) is 2. The number of hydrogen-bond acceptors (Lipinski definition) is 6. The van der Waals surface area contributed by atoms with E-state index in [9.17, 15) is 19.2 Å². The first-order valence-corrected chi connectivity index (χ1v) is 10.9. The number of amides is 5. The van der Waals surface area contributed by atoms with Crippen molar-refractivity contribution in [3.8, 4) is 6.07 Å². The summed E-state index contributed by atoms with van der Waals surface area (Å²) in [5.41, 5.74) is 2.79. The standard InChI is InChI=1S/C22H21N5O4S/c23-11-15-1-3-16(4-2-15)13-32-14-20(29)26-18-7-5-17(6-8-18)25-19(28)9-10-27-21(30)12-24-22(27)31/h1-8H,9-10,12-14H2,(H,24,31)(H,25,28)(H,26,29). The Morgan fingerprint density at radius 1 is 1.00 bits per heavy atom. The Kier molecular flexibility index (Phi) is 7.83. The zero-order valence-electron chi connectivity index (χ0n) is 17.1. The van der Waals surface area contributed by atoms with Crippen LogP contribution in [-0.2, 0) is 20.1 Å². The zero-order chi connectivity index (χ0) is 22.9. The fraction of sp³-hybridized carbons (Fsp3) is 0.227. The molecule has 0 spiro atoms. The van der Waals surface area contributed by atoms with Crippen LogP contribution in [0, 0.1) is 11.3 Å². The summed E-state index contributed by atoms with van der Waals surface area (Å²) in [6.07, 6.45) is -0.00584. The van der Waals surface area contributed by atoms with Crippen LogP contribution in [0.25, 0.3) is 0 Å². The van der Waals surface area contributed by atoms with Crippen LogP contribution >= 0.6 is 11.8 Å². The molecule has 0 saturated carbocycles. The Morgan fingerprint density at radius 2 is 1.62 bits per heavy atom. The maximum atomic E-state index is 12.1. The lowest BCUT2D eigenvalue weighted by atomic mass is 10.2. The van der Waals surface area contributed by atoms with Gasteiger partial charge in [0.2, 0.25) is 17.7 Å². The molecule has 1 saturated heterocycles. The van der Waals surface area contributed by atoms with E-state index in [0.29, 0.717) is 22.7 Å². The van der Waals surface area contributed by atoms with Crippen LogP contribution in [0.1, 0.15) is 17.5 Å². The number of nitrogens with one attached hydrogen (secondary N) is 3. The van der Waals surface area contributed by atoms with Crippen molar-refractivity contribution in [3.63, 3.8) is 0 Å². The summed E-state index contributed by atoms with van der Waals surface area (Å²) in [5, 5.41) is 16.7. The first-order chi connectivity index (χ1) is 15.4. The number of hydrogen-bond donors (Lipinski definition) is 3. The van der Waals surface area contributed by atoms with E-state index in [1.807, 2.05) is 12.1 Å². The molecule has 164 valence electrons. The third-order valence-electron chi connectivity index (χ3n) is 4.54. The second-order valence-corrected chi connectivity index (χ2v) is 7.91. The average Bonchev–Trinajstić information content (AvgIpc) is 3.11. The fourth-order valence-corrected chi connectivity index (χ4v) is 3.68. The molecule has 0 bridgehead atoms. The van der Waals surface area contributed by atoms with Crippen molar-refractivity contribution in [1.82, 2.24) is 10.2 Å². The van der Waals surface area contributed by atoms with Gasteiger partial charge in [0, 0.05) is 30.1 Å². The van der Waals surface area contributed by atoms with E-state index in [1.165, 1.54) is 11.8 Å². The molecule has 1 aliphatic rings. The first kappa shape index (κ1) is 22.8. The molecule has 9 nitrogen and oxygen atoms in total. The summed E-state index contributed by atoms with van der Waals surface area (Å²) in [4.78, 5) is 48.1. The number of carbonyl (C=O) groups is 4. The third-order valence-corrected chi connectivity index (χ3v) is 5.54. The SMILES string of the molecule is N#Cc1ccc(CSCC(=O)Nc2ccc(NC(=O)CCN3C(=O)CNC3=O)cc2)cc1. The molecular weight excluding hydrogens is 430 g/mol. The molecule has 2 aromatic carbocycles. The monoisotopic (exact) mass is 451 g/mol. The number of anilines is 2. The highest BCUT2D eigenvalue weighted by Crippen LogP contribution is 2.16. The lowest BCUT2D eigenvalue weighted by Crippen LogP contribution is -2.33. The number of benzene rings is 2. The second kappa shape index (κ2) is 11.0. The minimum absolute atomic E-state index is 0.00584. The quantitative estimate of drug-likeness (QED) is 0.502. The van der Waals surface area contributed by atoms with Gasteiger partial charge in [-0.25, -0.2) is 4.79 Å². The molecule has 1 aliphatic heterocycles. The number of nitriles is 1.